The number of aryl methyl sites for hydroxylation is 1. The first-order valence-electron chi connectivity index (χ1n) is 10.7. The molecule has 1 N–H and O–H groups in total. The standard InChI is InChI=1S/C26H27NO3S/c1-3-29-24-15-12-19(16-25(24)30-4-2)26-27-20(17-31-26)13-14-23(28)22-11-7-9-18-8-5-6-10-21(18)22/h5-12,15-17,23,28H,3-4,13-14H2,1-2H3. The van der Waals surface area contributed by atoms with Crippen LogP contribution < -0.4 is 9.47 Å². The Bertz CT molecular complexity index is 1150. The molecule has 160 valence electrons. The Labute approximate surface area is 187 Å². The molecule has 0 spiro atoms. The third-order valence-electron chi connectivity index (χ3n) is 5.20. The van der Waals surface area contributed by atoms with Crippen molar-refractivity contribution in [2.45, 2.75) is 32.8 Å². The molecular formula is C26H27NO3S. The highest BCUT2D eigenvalue weighted by atomic mass is 32.1. The molecule has 0 fully saturated rings. The molecule has 0 radical (unpaired) electrons. The Morgan fingerprint density at radius 3 is 2.55 bits per heavy atom. The van der Waals surface area contributed by atoms with Gasteiger partial charge in [0.05, 0.1) is 25.0 Å². The third kappa shape index (κ3) is 4.89. The van der Waals surface area contributed by atoms with E-state index in [-0.39, 0.29) is 0 Å². The number of aliphatic hydroxyl groups is 1. The summed E-state index contributed by atoms with van der Waals surface area (Å²) in [6, 6.07) is 20.2. The van der Waals surface area contributed by atoms with Gasteiger partial charge in [0.1, 0.15) is 5.01 Å². The highest BCUT2D eigenvalue weighted by molar-refractivity contribution is 7.13. The Hall–Kier alpha value is -2.89. The summed E-state index contributed by atoms with van der Waals surface area (Å²) >= 11 is 1.61. The number of nitrogens with zero attached hydrogens (tertiary/aromatic N) is 1. The molecule has 0 aliphatic heterocycles. The molecular weight excluding hydrogens is 406 g/mol. The second kappa shape index (κ2) is 9.94. The summed E-state index contributed by atoms with van der Waals surface area (Å²) in [5.41, 5.74) is 2.98. The van der Waals surface area contributed by atoms with E-state index in [9.17, 15) is 5.11 Å². The number of thiazole rings is 1. The highest BCUT2D eigenvalue weighted by Crippen LogP contribution is 2.34. The lowest BCUT2D eigenvalue weighted by molar-refractivity contribution is 0.169. The zero-order valence-corrected chi connectivity index (χ0v) is 18.7. The Balaban J connectivity index is 1.47. The first-order valence-corrected chi connectivity index (χ1v) is 11.6. The summed E-state index contributed by atoms with van der Waals surface area (Å²) in [5, 5.41) is 16.1. The smallest absolute Gasteiger partial charge is 0.161 e. The van der Waals surface area contributed by atoms with Crippen molar-refractivity contribution in [1.82, 2.24) is 4.98 Å². The predicted molar refractivity (Wildman–Crippen MR) is 127 cm³/mol. The van der Waals surface area contributed by atoms with Crippen LogP contribution in [0.3, 0.4) is 0 Å². The number of fused-ring (bicyclic) bond motifs is 1. The summed E-state index contributed by atoms with van der Waals surface area (Å²) in [7, 11) is 0. The fourth-order valence-corrected chi connectivity index (χ4v) is 4.57. The molecule has 31 heavy (non-hydrogen) atoms. The zero-order valence-electron chi connectivity index (χ0n) is 17.9. The molecule has 0 saturated carbocycles. The molecule has 0 bridgehead atoms. The van der Waals surface area contributed by atoms with Crippen molar-refractivity contribution in [3.8, 4) is 22.1 Å². The van der Waals surface area contributed by atoms with Crippen molar-refractivity contribution in [3.05, 3.63) is 77.3 Å². The summed E-state index contributed by atoms with van der Waals surface area (Å²) < 4.78 is 11.4. The van der Waals surface area contributed by atoms with E-state index >= 15 is 0 Å². The van der Waals surface area contributed by atoms with Gasteiger partial charge in [0.25, 0.3) is 0 Å². The second-order valence-electron chi connectivity index (χ2n) is 7.29. The van der Waals surface area contributed by atoms with Gasteiger partial charge in [-0.3, -0.25) is 0 Å². The molecule has 4 nitrogen and oxygen atoms in total. The van der Waals surface area contributed by atoms with Gasteiger partial charge >= 0.3 is 0 Å². The fraction of sp³-hybridized carbons (Fsp3) is 0.269. The second-order valence-corrected chi connectivity index (χ2v) is 8.15. The van der Waals surface area contributed by atoms with Crippen molar-refractivity contribution >= 4 is 22.1 Å². The summed E-state index contributed by atoms with van der Waals surface area (Å²) in [6.07, 6.45) is 0.826. The fourth-order valence-electron chi connectivity index (χ4n) is 3.72. The van der Waals surface area contributed by atoms with E-state index in [1.54, 1.807) is 11.3 Å². The summed E-state index contributed by atoms with van der Waals surface area (Å²) in [5.74, 6) is 1.49. The lowest BCUT2D eigenvalue weighted by Crippen LogP contribution is -2.01. The minimum absolute atomic E-state index is 0.522. The largest absolute Gasteiger partial charge is 0.490 e. The van der Waals surface area contributed by atoms with Crippen LogP contribution in [-0.2, 0) is 6.42 Å². The van der Waals surface area contributed by atoms with Crippen molar-refractivity contribution in [1.29, 1.82) is 0 Å². The van der Waals surface area contributed by atoms with Crippen LogP contribution in [-0.4, -0.2) is 23.3 Å². The molecule has 1 atom stereocenters. The van der Waals surface area contributed by atoms with Crippen molar-refractivity contribution < 1.29 is 14.6 Å². The molecule has 0 aliphatic carbocycles. The minimum Gasteiger partial charge on any atom is -0.490 e. The van der Waals surface area contributed by atoms with Gasteiger partial charge in [-0.25, -0.2) is 4.98 Å². The van der Waals surface area contributed by atoms with E-state index in [1.807, 2.05) is 56.3 Å². The molecule has 4 rings (SSSR count). The minimum atomic E-state index is -0.522. The van der Waals surface area contributed by atoms with Crippen LogP contribution in [0.1, 0.15) is 37.6 Å². The first-order chi connectivity index (χ1) is 15.2. The van der Waals surface area contributed by atoms with Crippen molar-refractivity contribution in [2.75, 3.05) is 13.2 Å². The number of aliphatic hydroxyl groups excluding tert-OH is 1. The normalized spacial score (nSPS) is 12.1. The molecule has 4 aromatic rings. The molecule has 0 aliphatic rings. The first kappa shape index (κ1) is 21.3. The maximum absolute atomic E-state index is 10.8. The van der Waals surface area contributed by atoms with Crippen molar-refractivity contribution in [3.63, 3.8) is 0 Å². The van der Waals surface area contributed by atoms with E-state index in [2.05, 4.69) is 23.6 Å². The van der Waals surface area contributed by atoms with Gasteiger partial charge in [-0.1, -0.05) is 42.5 Å². The van der Waals surface area contributed by atoms with Gasteiger partial charge < -0.3 is 14.6 Å². The average Bonchev–Trinajstić information content (AvgIpc) is 3.27. The number of rotatable bonds is 9. The number of benzene rings is 3. The van der Waals surface area contributed by atoms with Crippen LogP contribution in [0.4, 0.5) is 0 Å². The average molecular weight is 434 g/mol. The summed E-state index contributed by atoms with van der Waals surface area (Å²) in [6.45, 7) is 5.10. The van der Waals surface area contributed by atoms with Crippen LogP contribution in [0.2, 0.25) is 0 Å². The zero-order chi connectivity index (χ0) is 21.6. The number of ether oxygens (including phenoxy) is 2. The number of hydrogen-bond donors (Lipinski definition) is 1. The van der Waals surface area contributed by atoms with E-state index in [1.165, 1.54) is 0 Å². The molecule has 3 aromatic carbocycles. The van der Waals surface area contributed by atoms with E-state index in [0.29, 0.717) is 19.6 Å². The van der Waals surface area contributed by atoms with E-state index < -0.39 is 6.10 Å². The quantitative estimate of drug-likeness (QED) is 0.331. The van der Waals surface area contributed by atoms with Crippen LogP contribution in [0.5, 0.6) is 11.5 Å². The monoisotopic (exact) mass is 433 g/mol. The number of hydrogen-bond acceptors (Lipinski definition) is 5. The van der Waals surface area contributed by atoms with E-state index in [4.69, 9.17) is 14.5 Å². The van der Waals surface area contributed by atoms with Gasteiger partial charge in [0.15, 0.2) is 11.5 Å². The highest BCUT2D eigenvalue weighted by Gasteiger charge is 2.14. The molecule has 0 amide bonds. The number of aromatic nitrogens is 1. The molecule has 0 saturated heterocycles. The Kier molecular flexibility index (Phi) is 6.85. The Morgan fingerprint density at radius 2 is 1.71 bits per heavy atom. The van der Waals surface area contributed by atoms with Gasteiger partial charge in [0, 0.05) is 10.9 Å². The van der Waals surface area contributed by atoms with Gasteiger partial charge in [0.2, 0.25) is 0 Å². The maximum Gasteiger partial charge on any atom is 0.161 e. The predicted octanol–water partition coefficient (Wildman–Crippen LogP) is 6.43. The van der Waals surface area contributed by atoms with Crippen LogP contribution in [0.25, 0.3) is 21.3 Å². The van der Waals surface area contributed by atoms with Crippen LogP contribution in [0.15, 0.2) is 66.0 Å². The molecule has 1 unspecified atom stereocenters. The maximum atomic E-state index is 10.8. The van der Waals surface area contributed by atoms with E-state index in [0.717, 1.165) is 50.5 Å². The van der Waals surface area contributed by atoms with Gasteiger partial charge in [-0.05, 0) is 61.2 Å². The molecule has 1 heterocycles. The van der Waals surface area contributed by atoms with Crippen molar-refractivity contribution in [2.24, 2.45) is 0 Å². The lowest BCUT2D eigenvalue weighted by Gasteiger charge is -2.13. The lowest BCUT2D eigenvalue weighted by atomic mass is 9.97. The SMILES string of the molecule is CCOc1ccc(-c2nc(CCC(O)c3cccc4ccccc34)cs2)cc1OCC. The molecule has 1 aromatic heterocycles. The van der Waals surface area contributed by atoms with Crippen LogP contribution in [0, 0.1) is 0 Å². The molecule has 5 heteroatoms. The topological polar surface area (TPSA) is 51.6 Å². The summed E-state index contributed by atoms with van der Waals surface area (Å²) in [4.78, 5) is 4.80. The third-order valence-corrected chi connectivity index (χ3v) is 6.14. The van der Waals surface area contributed by atoms with Gasteiger partial charge in [-0.15, -0.1) is 11.3 Å². The van der Waals surface area contributed by atoms with Gasteiger partial charge in [-0.2, -0.15) is 0 Å². The Morgan fingerprint density at radius 1 is 0.935 bits per heavy atom. The van der Waals surface area contributed by atoms with Crippen LogP contribution >= 0.6 is 11.3 Å².